The Labute approximate surface area is 126 Å². The number of anilines is 1. The molecule has 0 aliphatic heterocycles. The van der Waals surface area contributed by atoms with Crippen LogP contribution in [0.15, 0.2) is 30.3 Å². The molecule has 1 aromatic carbocycles. The molecule has 0 amide bonds. The topological polar surface area (TPSA) is 53.1 Å². The van der Waals surface area contributed by atoms with Crippen LogP contribution in [0.5, 0.6) is 0 Å². The van der Waals surface area contributed by atoms with Crippen LogP contribution < -0.4 is 10.6 Å². The quantitative estimate of drug-likeness (QED) is 0.662. The Kier molecular flexibility index (Phi) is 4.34. The van der Waals surface area contributed by atoms with Crippen LogP contribution in [0.1, 0.15) is 10.4 Å². The predicted molar refractivity (Wildman–Crippen MR) is 83.9 cm³/mol. The lowest BCUT2D eigenvalue weighted by Crippen LogP contribution is -2.21. The second-order valence-electron chi connectivity index (χ2n) is 4.14. The molecule has 0 aliphatic carbocycles. The van der Waals surface area contributed by atoms with Crippen LogP contribution in [0.3, 0.4) is 0 Å². The number of amidine groups is 1. The van der Waals surface area contributed by atoms with Crippen molar-refractivity contribution < 1.29 is 0 Å². The zero-order valence-electron chi connectivity index (χ0n) is 10.3. The maximum absolute atomic E-state index is 7.61. The van der Waals surface area contributed by atoms with Crippen molar-refractivity contribution in [1.82, 2.24) is 0 Å². The maximum atomic E-state index is 7.61. The Bertz CT molecular complexity index is 610. The van der Waals surface area contributed by atoms with Crippen molar-refractivity contribution in [3.8, 4) is 0 Å². The van der Waals surface area contributed by atoms with Crippen molar-refractivity contribution in [1.29, 1.82) is 5.41 Å². The summed E-state index contributed by atoms with van der Waals surface area (Å²) in [7, 11) is 1.94. The molecular weight excluding hydrogens is 301 g/mol. The van der Waals surface area contributed by atoms with Crippen molar-refractivity contribution in [2.45, 2.75) is 6.54 Å². The number of hydrogen-bond donors (Lipinski definition) is 2. The van der Waals surface area contributed by atoms with Crippen LogP contribution in [-0.2, 0) is 6.54 Å². The van der Waals surface area contributed by atoms with E-state index in [1.807, 2.05) is 30.1 Å². The maximum Gasteiger partial charge on any atom is 0.124 e. The number of halogens is 2. The molecule has 3 N–H and O–H groups in total. The molecule has 0 radical (unpaired) electrons. The zero-order valence-corrected chi connectivity index (χ0v) is 12.6. The molecule has 0 atom stereocenters. The second-order valence-corrected chi connectivity index (χ2v) is 6.37. The summed E-state index contributed by atoms with van der Waals surface area (Å²) in [6, 6.07) is 9.17. The molecule has 19 heavy (non-hydrogen) atoms. The van der Waals surface area contributed by atoms with Crippen LogP contribution in [0, 0.1) is 5.41 Å². The van der Waals surface area contributed by atoms with Crippen molar-refractivity contribution in [3.05, 3.63) is 50.1 Å². The molecule has 0 spiro atoms. The van der Waals surface area contributed by atoms with Gasteiger partial charge in [0, 0.05) is 28.2 Å². The van der Waals surface area contributed by atoms with E-state index < -0.39 is 0 Å². The van der Waals surface area contributed by atoms with Crippen LogP contribution >= 0.6 is 34.5 Å². The molecule has 6 heteroatoms. The van der Waals surface area contributed by atoms with E-state index in [4.69, 9.17) is 34.3 Å². The molecule has 0 saturated heterocycles. The van der Waals surface area contributed by atoms with Gasteiger partial charge in [0.1, 0.15) is 5.84 Å². The number of benzene rings is 1. The normalized spacial score (nSPS) is 10.5. The van der Waals surface area contributed by atoms with Gasteiger partial charge in [-0.3, -0.25) is 5.41 Å². The molecule has 0 unspecified atom stereocenters. The van der Waals surface area contributed by atoms with E-state index in [2.05, 4.69) is 0 Å². The van der Waals surface area contributed by atoms with Crippen molar-refractivity contribution >= 4 is 46.1 Å². The Morgan fingerprint density at radius 3 is 2.63 bits per heavy atom. The van der Waals surface area contributed by atoms with Gasteiger partial charge in [0.15, 0.2) is 0 Å². The number of nitrogen functional groups attached to an aromatic ring is 1. The van der Waals surface area contributed by atoms with Gasteiger partial charge >= 0.3 is 0 Å². The molecule has 0 aliphatic rings. The Morgan fingerprint density at radius 2 is 2.05 bits per heavy atom. The van der Waals surface area contributed by atoms with Gasteiger partial charge in [0.25, 0.3) is 0 Å². The Balaban J connectivity index is 2.29. The summed E-state index contributed by atoms with van der Waals surface area (Å²) < 4.78 is 0.765. The van der Waals surface area contributed by atoms with Gasteiger partial charge in [-0.15, -0.1) is 11.3 Å². The Morgan fingerprint density at radius 1 is 1.32 bits per heavy atom. The van der Waals surface area contributed by atoms with E-state index in [0.717, 1.165) is 14.9 Å². The van der Waals surface area contributed by atoms with Gasteiger partial charge in [-0.1, -0.05) is 23.2 Å². The van der Waals surface area contributed by atoms with E-state index in [9.17, 15) is 0 Å². The fourth-order valence-corrected chi connectivity index (χ4v) is 3.11. The molecule has 0 fully saturated rings. The zero-order chi connectivity index (χ0) is 14.0. The minimum Gasteiger partial charge on any atom is -0.384 e. The van der Waals surface area contributed by atoms with E-state index in [1.165, 1.54) is 11.3 Å². The standard InChI is InChI=1S/C13H13Cl2N3S/c1-18(7-9-3-5-12(15)19-9)11-6-8(14)2-4-10(11)13(16)17/h2-6H,7H2,1H3,(H3,16,17). The first-order valence-corrected chi connectivity index (χ1v) is 7.14. The van der Waals surface area contributed by atoms with Crippen LogP contribution in [0.4, 0.5) is 5.69 Å². The highest BCUT2D eigenvalue weighted by Crippen LogP contribution is 2.28. The molecule has 100 valence electrons. The first-order chi connectivity index (χ1) is 8.97. The molecule has 0 bridgehead atoms. The summed E-state index contributed by atoms with van der Waals surface area (Å²) in [4.78, 5) is 3.15. The smallest absolute Gasteiger partial charge is 0.124 e. The number of nitrogens with zero attached hydrogens (tertiary/aromatic N) is 1. The lowest BCUT2D eigenvalue weighted by atomic mass is 10.1. The van der Waals surface area contributed by atoms with E-state index in [-0.39, 0.29) is 5.84 Å². The van der Waals surface area contributed by atoms with Gasteiger partial charge in [0.2, 0.25) is 0 Å². The van der Waals surface area contributed by atoms with E-state index >= 15 is 0 Å². The molecule has 3 nitrogen and oxygen atoms in total. The number of hydrogen-bond acceptors (Lipinski definition) is 3. The minimum absolute atomic E-state index is 0.0303. The van der Waals surface area contributed by atoms with Crippen molar-refractivity contribution in [2.24, 2.45) is 5.73 Å². The molecular formula is C13H13Cl2N3S. The predicted octanol–water partition coefficient (Wildman–Crippen LogP) is 3.98. The summed E-state index contributed by atoms with van der Waals surface area (Å²) >= 11 is 13.5. The average Bonchev–Trinajstić information content (AvgIpc) is 2.74. The summed E-state index contributed by atoms with van der Waals surface area (Å²) in [5.74, 6) is 0.0303. The minimum atomic E-state index is 0.0303. The monoisotopic (exact) mass is 313 g/mol. The third kappa shape index (κ3) is 3.41. The number of nitrogens with one attached hydrogen (secondary N) is 1. The van der Waals surface area contributed by atoms with Crippen LogP contribution in [0.25, 0.3) is 0 Å². The molecule has 0 saturated carbocycles. The summed E-state index contributed by atoms with van der Waals surface area (Å²) in [6.07, 6.45) is 0. The highest BCUT2D eigenvalue weighted by Gasteiger charge is 2.12. The SMILES string of the molecule is CN(Cc1ccc(Cl)s1)c1cc(Cl)ccc1C(=N)N. The lowest BCUT2D eigenvalue weighted by molar-refractivity contribution is 0.938. The number of rotatable bonds is 4. The van der Waals surface area contributed by atoms with Gasteiger partial charge in [-0.2, -0.15) is 0 Å². The molecule has 2 aromatic rings. The van der Waals surface area contributed by atoms with Crippen LogP contribution in [0.2, 0.25) is 9.36 Å². The van der Waals surface area contributed by atoms with Gasteiger partial charge in [0.05, 0.1) is 10.9 Å². The summed E-state index contributed by atoms with van der Waals surface area (Å²) in [6.45, 7) is 0.692. The first-order valence-electron chi connectivity index (χ1n) is 5.56. The van der Waals surface area contributed by atoms with Crippen LogP contribution in [-0.4, -0.2) is 12.9 Å². The highest BCUT2D eigenvalue weighted by atomic mass is 35.5. The average molecular weight is 314 g/mol. The highest BCUT2D eigenvalue weighted by molar-refractivity contribution is 7.16. The van der Waals surface area contributed by atoms with Gasteiger partial charge < -0.3 is 10.6 Å². The van der Waals surface area contributed by atoms with E-state index in [1.54, 1.807) is 12.1 Å². The lowest BCUT2D eigenvalue weighted by Gasteiger charge is -2.21. The van der Waals surface area contributed by atoms with Gasteiger partial charge in [-0.25, -0.2) is 0 Å². The molecule has 2 rings (SSSR count). The van der Waals surface area contributed by atoms with Crippen molar-refractivity contribution in [3.63, 3.8) is 0 Å². The largest absolute Gasteiger partial charge is 0.384 e. The number of thiophene rings is 1. The second kappa shape index (κ2) is 5.82. The first kappa shape index (κ1) is 14.2. The number of nitrogens with two attached hydrogens (primary N) is 1. The third-order valence-corrected chi connectivity index (χ3v) is 4.13. The molecule has 1 heterocycles. The van der Waals surface area contributed by atoms with E-state index in [0.29, 0.717) is 17.1 Å². The summed E-state index contributed by atoms with van der Waals surface area (Å²) in [5, 5.41) is 8.23. The third-order valence-electron chi connectivity index (χ3n) is 2.68. The fourth-order valence-electron chi connectivity index (χ4n) is 1.80. The summed E-state index contributed by atoms with van der Waals surface area (Å²) in [5.41, 5.74) is 7.11. The fraction of sp³-hybridized carbons (Fsp3) is 0.154. The molecule has 1 aromatic heterocycles. The van der Waals surface area contributed by atoms with Crippen molar-refractivity contribution in [2.75, 3.05) is 11.9 Å². The Hall–Kier alpha value is -1.23. The van der Waals surface area contributed by atoms with Gasteiger partial charge in [-0.05, 0) is 30.3 Å².